The summed E-state index contributed by atoms with van der Waals surface area (Å²) in [6.07, 6.45) is 2.00. The zero-order valence-electron chi connectivity index (χ0n) is 14.2. The summed E-state index contributed by atoms with van der Waals surface area (Å²) in [6, 6.07) is 12.0. The van der Waals surface area contributed by atoms with E-state index in [0.29, 0.717) is 11.6 Å². The SMILES string of the molecule is CCCN(CCC)CC(=O)C(C#N)c1nc(-c2ccccc2)cs1. The van der Waals surface area contributed by atoms with Crippen molar-refractivity contribution in [1.82, 2.24) is 9.88 Å². The van der Waals surface area contributed by atoms with E-state index >= 15 is 0 Å². The number of aromatic nitrogens is 1. The van der Waals surface area contributed by atoms with Gasteiger partial charge in [0.15, 0.2) is 11.7 Å². The Morgan fingerprint density at radius 3 is 2.50 bits per heavy atom. The molecule has 0 aliphatic carbocycles. The maximum absolute atomic E-state index is 12.6. The largest absolute Gasteiger partial charge is 0.296 e. The van der Waals surface area contributed by atoms with Gasteiger partial charge in [-0.15, -0.1) is 11.3 Å². The molecule has 24 heavy (non-hydrogen) atoms. The molecular formula is C19H23N3OS. The van der Waals surface area contributed by atoms with Crippen molar-refractivity contribution in [1.29, 1.82) is 5.26 Å². The molecular weight excluding hydrogens is 318 g/mol. The normalized spacial score (nSPS) is 12.1. The maximum atomic E-state index is 12.6. The second-order valence-electron chi connectivity index (χ2n) is 5.74. The fourth-order valence-corrected chi connectivity index (χ4v) is 3.53. The van der Waals surface area contributed by atoms with Crippen LogP contribution < -0.4 is 0 Å². The monoisotopic (exact) mass is 341 g/mol. The lowest BCUT2D eigenvalue weighted by molar-refractivity contribution is -0.120. The number of ketones is 1. The third kappa shape index (κ3) is 4.73. The molecule has 1 aromatic heterocycles. The van der Waals surface area contributed by atoms with Gasteiger partial charge in [0.25, 0.3) is 0 Å². The predicted octanol–water partition coefficient (Wildman–Crippen LogP) is 4.11. The molecule has 126 valence electrons. The number of nitrogens with zero attached hydrogens (tertiary/aromatic N) is 3. The minimum Gasteiger partial charge on any atom is -0.296 e. The van der Waals surface area contributed by atoms with Crippen LogP contribution in [-0.4, -0.2) is 35.3 Å². The van der Waals surface area contributed by atoms with E-state index in [1.54, 1.807) is 0 Å². The van der Waals surface area contributed by atoms with Gasteiger partial charge < -0.3 is 0 Å². The lowest BCUT2D eigenvalue weighted by Gasteiger charge is -2.20. The van der Waals surface area contributed by atoms with Crippen LogP contribution in [-0.2, 0) is 4.79 Å². The molecule has 0 aliphatic heterocycles. The molecule has 0 saturated heterocycles. The Labute approximate surface area is 147 Å². The highest BCUT2D eigenvalue weighted by Crippen LogP contribution is 2.27. The molecule has 5 heteroatoms. The lowest BCUT2D eigenvalue weighted by atomic mass is 10.1. The molecule has 0 amide bonds. The van der Waals surface area contributed by atoms with Crippen molar-refractivity contribution in [3.63, 3.8) is 0 Å². The van der Waals surface area contributed by atoms with Gasteiger partial charge in [-0.25, -0.2) is 4.98 Å². The van der Waals surface area contributed by atoms with Gasteiger partial charge in [0.1, 0.15) is 5.01 Å². The molecule has 1 aromatic carbocycles. The molecule has 1 unspecified atom stereocenters. The van der Waals surface area contributed by atoms with Crippen LogP contribution in [0.25, 0.3) is 11.3 Å². The van der Waals surface area contributed by atoms with Gasteiger partial charge in [-0.3, -0.25) is 9.69 Å². The summed E-state index contributed by atoms with van der Waals surface area (Å²) in [7, 11) is 0. The summed E-state index contributed by atoms with van der Waals surface area (Å²) in [5.74, 6) is -0.836. The van der Waals surface area contributed by atoms with Crippen molar-refractivity contribution < 1.29 is 4.79 Å². The standard InChI is InChI=1S/C19H23N3OS/c1-3-10-22(11-4-2)13-18(23)16(12-20)19-21-17(14-24-19)15-8-6-5-7-9-15/h5-9,14,16H,3-4,10-11,13H2,1-2H3. The zero-order chi connectivity index (χ0) is 17.4. The fourth-order valence-electron chi connectivity index (χ4n) is 2.64. The summed E-state index contributed by atoms with van der Waals surface area (Å²) in [5, 5.41) is 12.0. The number of nitriles is 1. The van der Waals surface area contributed by atoms with Crippen molar-refractivity contribution in [3.8, 4) is 17.3 Å². The van der Waals surface area contributed by atoms with Gasteiger partial charge in [0.05, 0.1) is 18.3 Å². The summed E-state index contributed by atoms with van der Waals surface area (Å²) >= 11 is 1.39. The highest BCUT2D eigenvalue weighted by atomic mass is 32.1. The lowest BCUT2D eigenvalue weighted by Crippen LogP contribution is -2.33. The Morgan fingerprint density at radius 1 is 1.25 bits per heavy atom. The Bertz CT molecular complexity index is 684. The first kappa shape index (κ1) is 18.3. The molecule has 1 heterocycles. The highest BCUT2D eigenvalue weighted by Gasteiger charge is 2.25. The van der Waals surface area contributed by atoms with E-state index in [4.69, 9.17) is 0 Å². The molecule has 0 spiro atoms. The minimum atomic E-state index is -0.774. The number of thiazole rings is 1. The predicted molar refractivity (Wildman–Crippen MR) is 97.9 cm³/mol. The van der Waals surface area contributed by atoms with E-state index in [2.05, 4.69) is 29.8 Å². The van der Waals surface area contributed by atoms with E-state index in [-0.39, 0.29) is 5.78 Å². The molecule has 0 radical (unpaired) electrons. The number of carbonyl (C=O) groups is 1. The van der Waals surface area contributed by atoms with Crippen LogP contribution in [0.3, 0.4) is 0 Å². The van der Waals surface area contributed by atoms with Crippen molar-refractivity contribution >= 4 is 17.1 Å². The van der Waals surface area contributed by atoms with E-state index in [9.17, 15) is 10.1 Å². The number of hydrogen-bond donors (Lipinski definition) is 0. The molecule has 1 atom stereocenters. The average molecular weight is 341 g/mol. The van der Waals surface area contributed by atoms with Gasteiger partial charge in [-0.05, 0) is 25.9 Å². The fraction of sp³-hybridized carbons (Fsp3) is 0.421. The summed E-state index contributed by atoms with van der Waals surface area (Å²) < 4.78 is 0. The number of rotatable bonds is 9. The molecule has 0 fully saturated rings. The molecule has 0 aliphatic rings. The first-order valence-corrected chi connectivity index (χ1v) is 9.23. The zero-order valence-corrected chi connectivity index (χ0v) is 15.1. The number of hydrogen-bond acceptors (Lipinski definition) is 5. The summed E-state index contributed by atoms with van der Waals surface area (Å²) in [5.41, 5.74) is 1.82. The van der Waals surface area contributed by atoms with E-state index in [0.717, 1.165) is 37.2 Å². The highest BCUT2D eigenvalue weighted by molar-refractivity contribution is 7.10. The van der Waals surface area contributed by atoms with Crippen LogP contribution in [0.5, 0.6) is 0 Å². The Hall–Kier alpha value is -2.03. The van der Waals surface area contributed by atoms with Crippen LogP contribution in [0.1, 0.15) is 37.6 Å². The topological polar surface area (TPSA) is 57.0 Å². The molecule has 0 bridgehead atoms. The summed E-state index contributed by atoms with van der Waals surface area (Å²) in [4.78, 5) is 19.2. The third-order valence-corrected chi connectivity index (χ3v) is 4.66. The Morgan fingerprint density at radius 2 is 1.92 bits per heavy atom. The minimum absolute atomic E-state index is 0.0617. The molecule has 0 N–H and O–H groups in total. The van der Waals surface area contributed by atoms with Crippen molar-refractivity contribution in [2.45, 2.75) is 32.6 Å². The first-order valence-electron chi connectivity index (χ1n) is 8.35. The number of carbonyl (C=O) groups excluding carboxylic acids is 1. The van der Waals surface area contributed by atoms with Crippen LogP contribution in [0, 0.1) is 11.3 Å². The van der Waals surface area contributed by atoms with E-state index < -0.39 is 5.92 Å². The number of benzene rings is 1. The van der Waals surface area contributed by atoms with Gasteiger partial charge in [0.2, 0.25) is 0 Å². The van der Waals surface area contributed by atoms with Crippen LogP contribution in [0.4, 0.5) is 0 Å². The van der Waals surface area contributed by atoms with Gasteiger partial charge >= 0.3 is 0 Å². The van der Waals surface area contributed by atoms with Crippen molar-refractivity contribution in [2.75, 3.05) is 19.6 Å². The van der Waals surface area contributed by atoms with Crippen LogP contribution in [0.2, 0.25) is 0 Å². The molecule has 2 rings (SSSR count). The quantitative estimate of drug-likeness (QED) is 0.689. The van der Waals surface area contributed by atoms with Gasteiger partial charge in [0, 0.05) is 10.9 Å². The smallest absolute Gasteiger partial charge is 0.170 e. The maximum Gasteiger partial charge on any atom is 0.170 e. The molecule has 2 aromatic rings. The first-order chi connectivity index (χ1) is 11.7. The molecule has 4 nitrogen and oxygen atoms in total. The van der Waals surface area contributed by atoms with Gasteiger partial charge in [-0.1, -0.05) is 44.2 Å². The van der Waals surface area contributed by atoms with Gasteiger partial charge in [-0.2, -0.15) is 5.26 Å². The second kappa shape index (κ2) is 9.31. The Kier molecular flexibility index (Phi) is 7.10. The van der Waals surface area contributed by atoms with Crippen LogP contribution in [0.15, 0.2) is 35.7 Å². The van der Waals surface area contributed by atoms with Crippen LogP contribution >= 0.6 is 11.3 Å². The van der Waals surface area contributed by atoms with Crippen molar-refractivity contribution in [3.05, 3.63) is 40.7 Å². The third-order valence-electron chi connectivity index (χ3n) is 3.75. The second-order valence-corrected chi connectivity index (χ2v) is 6.63. The van der Waals surface area contributed by atoms with E-state index in [1.165, 1.54) is 11.3 Å². The van der Waals surface area contributed by atoms with Crippen molar-refractivity contribution in [2.24, 2.45) is 0 Å². The number of Topliss-reactive ketones (excluding diaryl/α,β-unsaturated/α-hetero) is 1. The Balaban J connectivity index is 2.12. The van der Waals surface area contributed by atoms with E-state index in [1.807, 2.05) is 35.7 Å². The average Bonchev–Trinajstić information content (AvgIpc) is 3.06. The molecule has 0 saturated carbocycles. The summed E-state index contributed by atoms with van der Waals surface area (Å²) in [6.45, 7) is 6.28.